The number of hydrogen-bond donors (Lipinski definition) is 1. The quantitative estimate of drug-likeness (QED) is 0.778. The van der Waals surface area contributed by atoms with E-state index in [1.807, 2.05) is 0 Å². The van der Waals surface area contributed by atoms with E-state index in [0.29, 0.717) is 6.42 Å². The molecule has 0 aromatic heterocycles. The smallest absolute Gasteiger partial charge is 0.154 e. The average molecular weight is 225 g/mol. The summed E-state index contributed by atoms with van der Waals surface area (Å²) >= 11 is 0. The highest BCUT2D eigenvalue weighted by molar-refractivity contribution is 5.86. The molecule has 0 radical (unpaired) electrons. The van der Waals surface area contributed by atoms with Crippen LogP contribution in [0.15, 0.2) is 30.9 Å². The summed E-state index contributed by atoms with van der Waals surface area (Å²) in [6.45, 7) is 3.46. The van der Waals surface area contributed by atoms with Crippen molar-refractivity contribution in [2.24, 2.45) is 5.73 Å². The van der Waals surface area contributed by atoms with E-state index in [0.717, 1.165) is 18.2 Å². The van der Waals surface area contributed by atoms with Crippen LogP contribution >= 0.6 is 0 Å². The molecule has 0 bridgehead atoms. The molecule has 0 aliphatic heterocycles. The Morgan fingerprint density at radius 1 is 1.50 bits per heavy atom. The second kappa shape index (κ2) is 5.51. The van der Waals surface area contributed by atoms with Crippen molar-refractivity contribution in [3.05, 3.63) is 48.1 Å². The van der Waals surface area contributed by atoms with Gasteiger partial charge in [0.2, 0.25) is 0 Å². The first-order valence-corrected chi connectivity index (χ1v) is 4.87. The summed E-state index contributed by atoms with van der Waals surface area (Å²) in [5.41, 5.74) is 5.56. The molecule has 0 spiro atoms. The molecule has 1 rings (SSSR count). The molecule has 1 aromatic rings. The lowest BCUT2D eigenvalue weighted by Crippen LogP contribution is -2.31. The summed E-state index contributed by atoms with van der Waals surface area (Å²) in [7, 11) is 0. The number of Topliss-reactive ketones (excluding diaryl/α,β-unsaturated/α-hetero) is 1. The third-order valence-corrected chi connectivity index (χ3v) is 2.21. The molecule has 0 heterocycles. The maximum atomic E-state index is 13.2. The topological polar surface area (TPSA) is 43.1 Å². The van der Waals surface area contributed by atoms with E-state index in [1.165, 1.54) is 6.08 Å². The van der Waals surface area contributed by atoms with E-state index in [4.69, 9.17) is 5.73 Å². The van der Waals surface area contributed by atoms with Crippen molar-refractivity contribution in [2.45, 2.75) is 18.9 Å². The van der Waals surface area contributed by atoms with Crippen molar-refractivity contribution in [1.82, 2.24) is 0 Å². The maximum Gasteiger partial charge on any atom is 0.154 e. The number of carbonyl (C=O) groups is 1. The summed E-state index contributed by atoms with van der Waals surface area (Å²) in [5.74, 6) is -1.49. The first-order valence-electron chi connectivity index (χ1n) is 4.87. The van der Waals surface area contributed by atoms with E-state index in [-0.39, 0.29) is 17.8 Å². The van der Waals surface area contributed by atoms with Gasteiger partial charge in [-0.3, -0.25) is 4.79 Å². The minimum Gasteiger partial charge on any atom is -0.321 e. The molecule has 2 nitrogen and oxygen atoms in total. The van der Waals surface area contributed by atoms with E-state index in [1.54, 1.807) is 0 Å². The molecule has 1 aromatic carbocycles. The van der Waals surface area contributed by atoms with Crippen molar-refractivity contribution < 1.29 is 13.6 Å². The molecule has 1 atom stereocenters. The Hall–Kier alpha value is -1.55. The van der Waals surface area contributed by atoms with Gasteiger partial charge in [-0.1, -0.05) is 6.08 Å². The van der Waals surface area contributed by atoms with Crippen LogP contribution in [-0.2, 0) is 11.2 Å². The first-order chi connectivity index (χ1) is 7.54. The van der Waals surface area contributed by atoms with Gasteiger partial charge in [0.1, 0.15) is 11.6 Å². The van der Waals surface area contributed by atoms with Gasteiger partial charge in [0.05, 0.1) is 6.04 Å². The Balaban J connectivity index is 2.76. The van der Waals surface area contributed by atoms with E-state index in [9.17, 15) is 13.6 Å². The second-order valence-corrected chi connectivity index (χ2v) is 3.51. The molecule has 0 aliphatic rings. The molecule has 0 saturated heterocycles. The van der Waals surface area contributed by atoms with E-state index < -0.39 is 17.7 Å². The minimum atomic E-state index is -0.708. The number of benzene rings is 1. The monoisotopic (exact) mass is 225 g/mol. The fraction of sp³-hybridized carbons (Fsp3) is 0.250. The molecule has 4 heteroatoms. The number of carbonyl (C=O) groups excluding carboxylic acids is 1. The van der Waals surface area contributed by atoms with Crippen LogP contribution in [0.5, 0.6) is 0 Å². The Kier molecular flexibility index (Phi) is 4.31. The number of ketones is 1. The minimum absolute atomic E-state index is 0.0320. The zero-order chi connectivity index (χ0) is 12.1. The SMILES string of the molecule is C=CCC(N)C(=O)Cc1cc(F)ccc1F. The molecule has 16 heavy (non-hydrogen) atoms. The number of nitrogens with two attached hydrogens (primary N) is 1. The average Bonchev–Trinajstić information content (AvgIpc) is 2.23. The van der Waals surface area contributed by atoms with Crippen LogP contribution in [0.1, 0.15) is 12.0 Å². The summed E-state index contributed by atoms with van der Waals surface area (Å²) in [6, 6.07) is 2.30. The summed E-state index contributed by atoms with van der Waals surface area (Å²) in [6.07, 6.45) is 1.65. The highest BCUT2D eigenvalue weighted by atomic mass is 19.1. The van der Waals surface area contributed by atoms with Crippen LogP contribution in [0.2, 0.25) is 0 Å². The van der Waals surface area contributed by atoms with Gasteiger partial charge in [-0.2, -0.15) is 0 Å². The van der Waals surface area contributed by atoms with Gasteiger partial charge < -0.3 is 5.73 Å². The van der Waals surface area contributed by atoms with Crippen LogP contribution in [-0.4, -0.2) is 11.8 Å². The lowest BCUT2D eigenvalue weighted by Gasteiger charge is -2.08. The number of halogens is 2. The van der Waals surface area contributed by atoms with Gasteiger partial charge in [0.15, 0.2) is 5.78 Å². The standard InChI is InChI=1S/C12H13F2NO/c1-2-3-11(15)12(16)7-8-6-9(13)4-5-10(8)14/h2,4-6,11H,1,3,7,15H2. The summed E-state index contributed by atoms with van der Waals surface area (Å²) in [4.78, 5) is 11.5. The summed E-state index contributed by atoms with van der Waals surface area (Å²) in [5, 5.41) is 0. The number of rotatable bonds is 5. The lowest BCUT2D eigenvalue weighted by molar-refractivity contribution is -0.119. The predicted octanol–water partition coefficient (Wildman–Crippen LogP) is 1.98. The molecule has 86 valence electrons. The van der Waals surface area contributed by atoms with Crippen molar-refractivity contribution in [3.63, 3.8) is 0 Å². The Morgan fingerprint density at radius 2 is 2.19 bits per heavy atom. The summed E-state index contributed by atoms with van der Waals surface area (Å²) < 4.78 is 26.0. The maximum absolute atomic E-state index is 13.2. The van der Waals surface area contributed by atoms with E-state index >= 15 is 0 Å². The van der Waals surface area contributed by atoms with Gasteiger partial charge in [-0.05, 0) is 30.2 Å². The fourth-order valence-electron chi connectivity index (χ4n) is 1.31. The van der Waals surface area contributed by atoms with Crippen molar-refractivity contribution in [2.75, 3.05) is 0 Å². The van der Waals surface area contributed by atoms with Crippen LogP contribution in [0.3, 0.4) is 0 Å². The van der Waals surface area contributed by atoms with Crippen molar-refractivity contribution in [1.29, 1.82) is 0 Å². The third kappa shape index (κ3) is 3.24. The molecule has 0 aliphatic carbocycles. The molecule has 2 N–H and O–H groups in total. The van der Waals surface area contributed by atoms with Crippen molar-refractivity contribution in [3.8, 4) is 0 Å². The second-order valence-electron chi connectivity index (χ2n) is 3.51. The number of hydrogen-bond acceptors (Lipinski definition) is 2. The van der Waals surface area contributed by atoms with Crippen LogP contribution in [0, 0.1) is 11.6 Å². The van der Waals surface area contributed by atoms with E-state index in [2.05, 4.69) is 6.58 Å². The van der Waals surface area contributed by atoms with Crippen molar-refractivity contribution >= 4 is 5.78 Å². The zero-order valence-electron chi connectivity index (χ0n) is 8.75. The van der Waals surface area contributed by atoms with Crippen LogP contribution < -0.4 is 5.73 Å². The largest absolute Gasteiger partial charge is 0.321 e. The molecule has 0 fully saturated rings. The van der Waals surface area contributed by atoms with Gasteiger partial charge in [0, 0.05) is 6.42 Å². The molecule has 0 amide bonds. The predicted molar refractivity (Wildman–Crippen MR) is 57.9 cm³/mol. The lowest BCUT2D eigenvalue weighted by atomic mass is 10.0. The third-order valence-electron chi connectivity index (χ3n) is 2.21. The van der Waals surface area contributed by atoms with Gasteiger partial charge >= 0.3 is 0 Å². The first kappa shape index (κ1) is 12.5. The molecular formula is C12H13F2NO. The Morgan fingerprint density at radius 3 is 2.81 bits per heavy atom. The molecule has 0 saturated carbocycles. The van der Waals surface area contributed by atoms with Gasteiger partial charge in [0.25, 0.3) is 0 Å². The molecule has 1 unspecified atom stereocenters. The van der Waals surface area contributed by atoms with Gasteiger partial charge in [-0.15, -0.1) is 6.58 Å². The normalized spacial score (nSPS) is 12.2. The molecular weight excluding hydrogens is 212 g/mol. The van der Waals surface area contributed by atoms with Crippen LogP contribution in [0.25, 0.3) is 0 Å². The highest BCUT2D eigenvalue weighted by Gasteiger charge is 2.15. The fourth-order valence-corrected chi connectivity index (χ4v) is 1.31. The van der Waals surface area contributed by atoms with Crippen LogP contribution in [0.4, 0.5) is 8.78 Å². The Labute approximate surface area is 92.8 Å². The zero-order valence-corrected chi connectivity index (χ0v) is 8.75. The highest BCUT2D eigenvalue weighted by Crippen LogP contribution is 2.11. The Bertz CT molecular complexity index is 404. The van der Waals surface area contributed by atoms with Gasteiger partial charge in [-0.25, -0.2) is 8.78 Å².